The molecule has 2 amide bonds. The Labute approximate surface area is 212 Å². The number of anilines is 1. The van der Waals surface area contributed by atoms with E-state index in [2.05, 4.69) is 31.3 Å². The van der Waals surface area contributed by atoms with Crippen LogP contribution in [0.3, 0.4) is 0 Å². The number of nitrogens with zero attached hydrogens (tertiary/aromatic N) is 3. The van der Waals surface area contributed by atoms with E-state index in [-0.39, 0.29) is 24.3 Å². The second kappa shape index (κ2) is 11.0. The molecule has 0 fully saturated rings. The maximum absolute atomic E-state index is 13.2. The lowest BCUT2D eigenvalue weighted by Gasteiger charge is -2.24. The van der Waals surface area contributed by atoms with Crippen LogP contribution in [0.25, 0.3) is 16.9 Å². The van der Waals surface area contributed by atoms with Crippen LogP contribution in [-0.2, 0) is 4.79 Å². The van der Waals surface area contributed by atoms with E-state index in [0.29, 0.717) is 18.1 Å². The van der Waals surface area contributed by atoms with Gasteiger partial charge >= 0.3 is 0 Å². The fraction of sp³-hybridized carbons (Fsp3) is 0.233. The van der Waals surface area contributed by atoms with E-state index in [1.54, 1.807) is 17.0 Å². The lowest BCUT2D eigenvalue weighted by Crippen LogP contribution is -2.40. The average Bonchev–Trinajstić information content (AvgIpc) is 3.29. The summed E-state index contributed by atoms with van der Waals surface area (Å²) in [4.78, 5) is 32.7. The molecule has 0 spiro atoms. The molecule has 0 aliphatic rings. The van der Waals surface area contributed by atoms with E-state index in [4.69, 9.17) is 4.98 Å². The molecule has 6 heteroatoms. The van der Waals surface area contributed by atoms with Crippen LogP contribution >= 0.6 is 0 Å². The third-order valence-corrected chi connectivity index (χ3v) is 6.02. The number of hydrogen-bond donors (Lipinski definition) is 1. The molecule has 0 radical (unpaired) electrons. The van der Waals surface area contributed by atoms with Gasteiger partial charge in [0.25, 0.3) is 5.91 Å². The predicted molar refractivity (Wildman–Crippen MR) is 144 cm³/mol. The van der Waals surface area contributed by atoms with Crippen molar-refractivity contribution in [2.24, 2.45) is 5.92 Å². The molecule has 0 aliphatic heterocycles. The van der Waals surface area contributed by atoms with Crippen molar-refractivity contribution in [1.82, 2.24) is 14.5 Å². The van der Waals surface area contributed by atoms with Gasteiger partial charge in [-0.25, -0.2) is 4.98 Å². The van der Waals surface area contributed by atoms with Gasteiger partial charge in [-0.2, -0.15) is 0 Å². The summed E-state index contributed by atoms with van der Waals surface area (Å²) < 4.78 is 1.89. The fourth-order valence-electron chi connectivity index (χ4n) is 4.05. The summed E-state index contributed by atoms with van der Waals surface area (Å²) in [6.45, 7) is 8.60. The average molecular weight is 481 g/mol. The Balaban J connectivity index is 1.63. The molecule has 1 aromatic heterocycles. The molecule has 0 unspecified atom stereocenters. The van der Waals surface area contributed by atoms with E-state index in [9.17, 15) is 9.59 Å². The second-order valence-electron chi connectivity index (χ2n) is 9.45. The van der Waals surface area contributed by atoms with E-state index in [1.165, 1.54) is 5.56 Å². The van der Waals surface area contributed by atoms with Gasteiger partial charge in [0.2, 0.25) is 11.9 Å². The summed E-state index contributed by atoms with van der Waals surface area (Å²) in [5, 5.41) is 2.96. The van der Waals surface area contributed by atoms with Crippen LogP contribution in [0.4, 0.5) is 5.95 Å². The summed E-state index contributed by atoms with van der Waals surface area (Å²) in [6.07, 6.45) is 1.93. The third kappa shape index (κ3) is 5.89. The zero-order valence-corrected chi connectivity index (χ0v) is 21.2. The number of aryl methyl sites for hydroxylation is 2. The molecule has 184 valence electrons. The molecule has 0 aliphatic carbocycles. The highest BCUT2D eigenvalue weighted by Crippen LogP contribution is 2.25. The predicted octanol–water partition coefficient (Wildman–Crippen LogP) is 5.89. The monoisotopic (exact) mass is 480 g/mol. The first-order valence-electron chi connectivity index (χ1n) is 12.2. The first-order valence-corrected chi connectivity index (χ1v) is 12.2. The van der Waals surface area contributed by atoms with Gasteiger partial charge in [-0.1, -0.05) is 68.4 Å². The van der Waals surface area contributed by atoms with Crippen LogP contribution in [0.5, 0.6) is 0 Å². The van der Waals surface area contributed by atoms with Gasteiger partial charge in [-0.05, 0) is 55.2 Å². The molecule has 0 atom stereocenters. The summed E-state index contributed by atoms with van der Waals surface area (Å²) in [7, 11) is 0. The quantitative estimate of drug-likeness (QED) is 0.342. The van der Waals surface area contributed by atoms with Crippen molar-refractivity contribution in [2.45, 2.75) is 27.7 Å². The summed E-state index contributed by atoms with van der Waals surface area (Å²) in [6, 6.07) is 25.1. The fourth-order valence-corrected chi connectivity index (χ4v) is 4.05. The molecule has 4 aromatic rings. The van der Waals surface area contributed by atoms with Crippen LogP contribution < -0.4 is 5.32 Å². The van der Waals surface area contributed by atoms with Crippen molar-refractivity contribution in [3.63, 3.8) is 0 Å². The molecule has 6 nitrogen and oxygen atoms in total. The minimum atomic E-state index is -0.296. The Bertz CT molecular complexity index is 1340. The minimum Gasteiger partial charge on any atom is -0.329 e. The molecule has 0 bridgehead atoms. The maximum atomic E-state index is 13.2. The lowest BCUT2D eigenvalue weighted by atomic mass is 10.1. The standard InChI is InChI=1S/C30H32N4O2/c1-21(2)18-33(29(36)25-13-9-6-10-14-25)20-28(35)32-30-31-27(24-11-7-5-8-12-24)19-34(30)26-16-15-22(3)23(4)17-26/h5-17,19,21H,18,20H2,1-4H3,(H,31,32,35). The van der Waals surface area contributed by atoms with Gasteiger partial charge in [0.1, 0.15) is 6.54 Å². The summed E-state index contributed by atoms with van der Waals surface area (Å²) >= 11 is 0. The highest BCUT2D eigenvalue weighted by atomic mass is 16.2. The first kappa shape index (κ1) is 24.9. The van der Waals surface area contributed by atoms with Gasteiger partial charge in [0.05, 0.1) is 5.69 Å². The highest BCUT2D eigenvalue weighted by Gasteiger charge is 2.21. The maximum Gasteiger partial charge on any atom is 0.254 e. The van der Waals surface area contributed by atoms with Crippen LogP contribution in [0.1, 0.15) is 35.3 Å². The number of rotatable bonds is 8. The van der Waals surface area contributed by atoms with E-state index in [0.717, 1.165) is 22.5 Å². The number of aromatic nitrogens is 2. The molecule has 0 saturated heterocycles. The molecule has 4 rings (SSSR count). The number of carbonyl (C=O) groups is 2. The summed E-state index contributed by atoms with van der Waals surface area (Å²) in [5.74, 6) is 0.170. The Morgan fingerprint density at radius 2 is 1.58 bits per heavy atom. The Kier molecular flexibility index (Phi) is 7.64. The number of carbonyl (C=O) groups excluding carboxylic acids is 2. The number of imidazole rings is 1. The topological polar surface area (TPSA) is 67.2 Å². The zero-order chi connectivity index (χ0) is 25.7. The summed E-state index contributed by atoms with van der Waals surface area (Å²) in [5.41, 5.74) is 5.52. The van der Waals surface area contributed by atoms with Crippen LogP contribution in [0.15, 0.2) is 85.1 Å². The number of amides is 2. The lowest BCUT2D eigenvalue weighted by molar-refractivity contribution is -0.117. The molecule has 1 N–H and O–H groups in total. The smallest absolute Gasteiger partial charge is 0.254 e. The van der Waals surface area contributed by atoms with Crippen LogP contribution in [0, 0.1) is 19.8 Å². The van der Waals surface area contributed by atoms with Gasteiger partial charge < -0.3 is 4.90 Å². The largest absolute Gasteiger partial charge is 0.329 e. The van der Waals surface area contributed by atoms with Crippen molar-refractivity contribution in [1.29, 1.82) is 0 Å². The number of hydrogen-bond acceptors (Lipinski definition) is 3. The normalized spacial score (nSPS) is 10.9. The SMILES string of the molecule is Cc1ccc(-n2cc(-c3ccccc3)nc2NC(=O)CN(CC(C)C)C(=O)c2ccccc2)cc1C. The number of nitrogens with one attached hydrogen (secondary N) is 1. The van der Waals surface area contributed by atoms with Crippen LogP contribution in [-0.4, -0.2) is 39.4 Å². The van der Waals surface area contributed by atoms with Crippen LogP contribution in [0.2, 0.25) is 0 Å². The number of benzene rings is 3. The van der Waals surface area contributed by atoms with Crippen molar-refractivity contribution in [3.05, 3.63) is 102 Å². The Hall–Kier alpha value is -4.19. The first-order chi connectivity index (χ1) is 17.3. The molecule has 0 saturated carbocycles. The van der Waals surface area contributed by atoms with Gasteiger partial charge in [-0.3, -0.25) is 19.5 Å². The van der Waals surface area contributed by atoms with Crippen molar-refractivity contribution in [3.8, 4) is 16.9 Å². The molecular formula is C30H32N4O2. The van der Waals surface area contributed by atoms with Gasteiger partial charge in [0, 0.05) is 29.6 Å². The Morgan fingerprint density at radius 1 is 0.917 bits per heavy atom. The Morgan fingerprint density at radius 3 is 2.22 bits per heavy atom. The van der Waals surface area contributed by atoms with Crippen molar-refractivity contribution >= 4 is 17.8 Å². The second-order valence-corrected chi connectivity index (χ2v) is 9.45. The molecule has 36 heavy (non-hydrogen) atoms. The van der Waals surface area contributed by atoms with Gasteiger partial charge in [0.15, 0.2) is 0 Å². The molecule has 1 heterocycles. The van der Waals surface area contributed by atoms with E-state index >= 15 is 0 Å². The van der Waals surface area contributed by atoms with Crippen molar-refractivity contribution in [2.75, 3.05) is 18.4 Å². The molecular weight excluding hydrogens is 448 g/mol. The minimum absolute atomic E-state index is 0.0631. The van der Waals surface area contributed by atoms with Crippen molar-refractivity contribution < 1.29 is 9.59 Å². The van der Waals surface area contributed by atoms with E-state index in [1.807, 2.05) is 79.2 Å². The zero-order valence-electron chi connectivity index (χ0n) is 21.2. The molecule has 3 aromatic carbocycles. The van der Waals surface area contributed by atoms with Gasteiger partial charge in [-0.15, -0.1) is 0 Å². The highest BCUT2D eigenvalue weighted by molar-refractivity contribution is 5.99. The third-order valence-electron chi connectivity index (χ3n) is 6.02. The van der Waals surface area contributed by atoms with E-state index < -0.39 is 0 Å².